The molecule has 0 aliphatic heterocycles. The van der Waals surface area contributed by atoms with Crippen molar-refractivity contribution in [1.29, 1.82) is 0 Å². The van der Waals surface area contributed by atoms with Gasteiger partial charge in [-0.3, -0.25) is 0 Å². The largest absolute Gasteiger partial charge is 2.00 e. The standard InChI is InChI=1S/O.H3P.V.Zn/h;1H3;;/q-2;;;+2. The molecule has 0 spiro atoms. The van der Waals surface area contributed by atoms with Crippen molar-refractivity contribution in [3.05, 3.63) is 0 Å². The van der Waals surface area contributed by atoms with Crippen LogP contribution in [0.25, 0.3) is 0 Å². The molecular formula is H3OPVZn. The van der Waals surface area contributed by atoms with Crippen LogP contribution in [0.4, 0.5) is 0 Å². The van der Waals surface area contributed by atoms with Crippen molar-refractivity contribution in [2.75, 3.05) is 0 Å². The number of rotatable bonds is 0. The molecule has 1 atom stereocenters. The van der Waals surface area contributed by atoms with Gasteiger partial charge in [-0.05, 0) is 0 Å². The average molecular weight is 166 g/mol. The van der Waals surface area contributed by atoms with E-state index in [0.29, 0.717) is 0 Å². The molecule has 0 bridgehead atoms. The van der Waals surface area contributed by atoms with Gasteiger partial charge in [0, 0.05) is 18.6 Å². The van der Waals surface area contributed by atoms with E-state index in [1.54, 1.807) is 0 Å². The zero-order valence-corrected chi connectivity index (χ0v) is 8.05. The van der Waals surface area contributed by atoms with Crippen LogP contribution in [0.5, 0.6) is 0 Å². The predicted octanol–water partition coefficient (Wildman–Crippen LogP) is -0.0657. The summed E-state index contributed by atoms with van der Waals surface area (Å²) in [6.07, 6.45) is 0. The van der Waals surface area contributed by atoms with Crippen LogP contribution >= 0.6 is 9.90 Å². The van der Waals surface area contributed by atoms with Crippen molar-refractivity contribution in [2.24, 2.45) is 0 Å². The van der Waals surface area contributed by atoms with Crippen LogP contribution in [0, 0.1) is 0 Å². The van der Waals surface area contributed by atoms with Gasteiger partial charge in [-0.15, -0.1) is 0 Å². The van der Waals surface area contributed by atoms with Crippen molar-refractivity contribution < 1.29 is 43.5 Å². The Hall–Kier alpha value is 1.60. The van der Waals surface area contributed by atoms with E-state index >= 15 is 0 Å². The van der Waals surface area contributed by atoms with Crippen molar-refractivity contribution in [2.45, 2.75) is 0 Å². The zero-order valence-electron chi connectivity index (χ0n) is 2.27. The minimum Gasteiger partial charge on any atom is -2.00 e. The molecule has 0 heterocycles. The molecule has 0 rings (SSSR count). The first-order valence-corrected chi connectivity index (χ1v) is 0. The van der Waals surface area contributed by atoms with Crippen LogP contribution < -0.4 is 0 Å². The summed E-state index contributed by atoms with van der Waals surface area (Å²) in [6.45, 7) is 0. The van der Waals surface area contributed by atoms with E-state index in [0.717, 1.165) is 0 Å². The molecule has 0 aromatic carbocycles. The van der Waals surface area contributed by atoms with Gasteiger partial charge in [0.1, 0.15) is 0 Å². The summed E-state index contributed by atoms with van der Waals surface area (Å²) in [5, 5.41) is 0. The minimum absolute atomic E-state index is 0. The van der Waals surface area contributed by atoms with Crippen LogP contribution in [-0.4, -0.2) is 0 Å². The summed E-state index contributed by atoms with van der Waals surface area (Å²) < 4.78 is 0. The van der Waals surface area contributed by atoms with E-state index in [1.165, 1.54) is 0 Å². The van der Waals surface area contributed by atoms with Crippen LogP contribution in [0.3, 0.4) is 0 Å². The number of hydrogen-bond donors (Lipinski definition) is 0. The normalized spacial score (nSPS) is 0. The van der Waals surface area contributed by atoms with Crippen molar-refractivity contribution in [1.82, 2.24) is 0 Å². The van der Waals surface area contributed by atoms with E-state index in [1.807, 2.05) is 0 Å². The van der Waals surface area contributed by atoms with Gasteiger partial charge >= 0.3 is 19.5 Å². The first-order chi connectivity index (χ1) is 0. The molecule has 0 amide bonds. The molecule has 0 aliphatic carbocycles. The van der Waals surface area contributed by atoms with Crippen molar-refractivity contribution in [3.63, 3.8) is 0 Å². The Morgan fingerprint density at radius 3 is 1.00 bits per heavy atom. The fourth-order valence-corrected chi connectivity index (χ4v) is 0. The maximum absolute atomic E-state index is 0. The molecule has 1 radical (unpaired) electrons. The first-order valence-electron chi connectivity index (χ1n) is 0. The van der Waals surface area contributed by atoms with Gasteiger partial charge < -0.3 is 5.48 Å². The second-order valence-corrected chi connectivity index (χ2v) is 0. The van der Waals surface area contributed by atoms with Crippen LogP contribution in [0.1, 0.15) is 0 Å². The van der Waals surface area contributed by atoms with E-state index in [4.69, 9.17) is 0 Å². The summed E-state index contributed by atoms with van der Waals surface area (Å²) in [5.41, 5.74) is 0. The summed E-state index contributed by atoms with van der Waals surface area (Å²) >= 11 is 0. The summed E-state index contributed by atoms with van der Waals surface area (Å²) in [5.74, 6) is 0. The van der Waals surface area contributed by atoms with Crippen LogP contribution in [-0.2, 0) is 43.5 Å². The van der Waals surface area contributed by atoms with Crippen LogP contribution in [0.15, 0.2) is 0 Å². The monoisotopic (exact) mass is 165 g/mol. The van der Waals surface area contributed by atoms with E-state index in [9.17, 15) is 0 Å². The van der Waals surface area contributed by atoms with Gasteiger partial charge in [0.25, 0.3) is 0 Å². The minimum atomic E-state index is 0. The Kier molecular flexibility index (Phi) is 270. The molecule has 4 heteroatoms. The molecule has 0 aromatic rings. The topological polar surface area (TPSA) is 28.5 Å². The average Bonchev–Trinajstić information content (AvgIpc) is 0. The first kappa shape index (κ1) is 46.4. The third kappa shape index (κ3) is 9.51. The van der Waals surface area contributed by atoms with Gasteiger partial charge in [0.2, 0.25) is 0 Å². The second kappa shape index (κ2) is 23.3. The van der Waals surface area contributed by atoms with Gasteiger partial charge in [-0.2, -0.15) is 9.90 Å². The zero-order chi connectivity index (χ0) is 0. The Balaban J connectivity index is 0. The molecule has 21 valence electrons. The second-order valence-electron chi connectivity index (χ2n) is 0. The maximum atomic E-state index is 0. The molecule has 0 fully saturated rings. The molecule has 0 saturated heterocycles. The summed E-state index contributed by atoms with van der Waals surface area (Å²) in [6, 6.07) is 0. The quantitative estimate of drug-likeness (QED) is 0.356. The van der Waals surface area contributed by atoms with Gasteiger partial charge in [-0.1, -0.05) is 0 Å². The molecule has 0 N–H and O–H groups in total. The van der Waals surface area contributed by atoms with Gasteiger partial charge in [0.05, 0.1) is 0 Å². The van der Waals surface area contributed by atoms with Gasteiger partial charge in [-0.25, -0.2) is 0 Å². The molecule has 0 aromatic heterocycles. The fraction of sp³-hybridized carbons (Fsp3) is 0. The summed E-state index contributed by atoms with van der Waals surface area (Å²) in [7, 11) is 0. The molecule has 1 nitrogen and oxygen atoms in total. The van der Waals surface area contributed by atoms with Crippen molar-refractivity contribution >= 4 is 9.90 Å². The predicted molar refractivity (Wildman–Crippen MR) is 11.8 cm³/mol. The molecule has 0 aliphatic rings. The Bertz CT molecular complexity index is 8.00. The summed E-state index contributed by atoms with van der Waals surface area (Å²) in [4.78, 5) is 0. The smallest absolute Gasteiger partial charge is 2.00 e. The third-order valence-electron chi connectivity index (χ3n) is 0. The van der Waals surface area contributed by atoms with E-state index in [-0.39, 0.29) is 53.4 Å². The Labute approximate surface area is 53.5 Å². The Morgan fingerprint density at radius 1 is 1.00 bits per heavy atom. The van der Waals surface area contributed by atoms with Gasteiger partial charge in [0.15, 0.2) is 0 Å². The molecule has 0 saturated carbocycles. The molecule has 4 heavy (non-hydrogen) atoms. The van der Waals surface area contributed by atoms with Crippen LogP contribution in [0.2, 0.25) is 0 Å². The maximum Gasteiger partial charge on any atom is 2.00 e. The Morgan fingerprint density at radius 2 is 1.00 bits per heavy atom. The molecule has 1 unspecified atom stereocenters. The van der Waals surface area contributed by atoms with Crippen molar-refractivity contribution in [3.8, 4) is 0 Å². The number of hydrogen-bond acceptors (Lipinski definition) is 0. The molecular weight excluding hydrogens is 163 g/mol. The van der Waals surface area contributed by atoms with E-state index in [2.05, 4.69) is 0 Å². The third-order valence-corrected chi connectivity index (χ3v) is 0. The van der Waals surface area contributed by atoms with E-state index < -0.39 is 0 Å². The fourth-order valence-electron chi connectivity index (χ4n) is 0. The SMILES string of the molecule is P.[O-2].[V].[Zn+2].